The molecule has 20 heavy (non-hydrogen) atoms. The monoisotopic (exact) mass is 290 g/mol. The summed E-state index contributed by atoms with van der Waals surface area (Å²) in [5.41, 5.74) is 1.12. The Balaban J connectivity index is 1.93. The second-order valence-electron chi connectivity index (χ2n) is 5.07. The SMILES string of the molecule is N#Cc1cccc(CS(=O)(=O)NC[C@H]2CC=CCC2)c1. The molecule has 1 aliphatic carbocycles. The Morgan fingerprint density at radius 1 is 1.35 bits per heavy atom. The van der Waals surface area contributed by atoms with E-state index in [0.717, 1.165) is 19.3 Å². The Labute approximate surface area is 120 Å². The Kier molecular flexibility index (Phi) is 4.94. The smallest absolute Gasteiger partial charge is 0.215 e. The van der Waals surface area contributed by atoms with Gasteiger partial charge in [0.05, 0.1) is 17.4 Å². The molecule has 0 fully saturated rings. The number of rotatable bonds is 5. The second-order valence-corrected chi connectivity index (χ2v) is 6.88. The lowest BCUT2D eigenvalue weighted by Gasteiger charge is -2.18. The minimum Gasteiger partial charge on any atom is -0.215 e. The average molecular weight is 290 g/mol. The summed E-state index contributed by atoms with van der Waals surface area (Å²) in [6, 6.07) is 8.72. The zero-order valence-electron chi connectivity index (χ0n) is 11.2. The van der Waals surface area contributed by atoms with Crippen molar-refractivity contribution in [2.75, 3.05) is 6.54 Å². The van der Waals surface area contributed by atoms with Crippen LogP contribution in [0.5, 0.6) is 0 Å². The van der Waals surface area contributed by atoms with E-state index >= 15 is 0 Å². The van der Waals surface area contributed by atoms with Gasteiger partial charge in [-0.25, -0.2) is 13.1 Å². The molecule has 106 valence electrons. The average Bonchev–Trinajstić information content (AvgIpc) is 2.46. The van der Waals surface area contributed by atoms with Crippen LogP contribution in [0.15, 0.2) is 36.4 Å². The number of nitrogens with zero attached hydrogens (tertiary/aromatic N) is 1. The van der Waals surface area contributed by atoms with Crippen molar-refractivity contribution in [1.29, 1.82) is 5.26 Å². The summed E-state index contributed by atoms with van der Waals surface area (Å²) in [7, 11) is -3.34. The summed E-state index contributed by atoms with van der Waals surface area (Å²) in [6.07, 6.45) is 7.24. The number of hydrogen-bond donors (Lipinski definition) is 1. The number of benzene rings is 1. The third-order valence-corrected chi connectivity index (χ3v) is 4.70. The van der Waals surface area contributed by atoms with Crippen LogP contribution in [0, 0.1) is 17.2 Å². The van der Waals surface area contributed by atoms with E-state index < -0.39 is 10.0 Å². The predicted molar refractivity (Wildman–Crippen MR) is 78.3 cm³/mol. The van der Waals surface area contributed by atoms with E-state index in [9.17, 15) is 8.42 Å². The molecule has 0 aromatic heterocycles. The van der Waals surface area contributed by atoms with E-state index in [4.69, 9.17) is 5.26 Å². The van der Waals surface area contributed by atoms with Crippen LogP contribution in [0.25, 0.3) is 0 Å². The maximum Gasteiger partial charge on any atom is 0.215 e. The van der Waals surface area contributed by atoms with Gasteiger partial charge in [0.1, 0.15) is 0 Å². The summed E-state index contributed by atoms with van der Waals surface area (Å²) in [5, 5.41) is 8.81. The van der Waals surface area contributed by atoms with Gasteiger partial charge < -0.3 is 0 Å². The fourth-order valence-electron chi connectivity index (χ4n) is 2.29. The molecule has 0 spiro atoms. The zero-order valence-corrected chi connectivity index (χ0v) is 12.1. The highest BCUT2D eigenvalue weighted by molar-refractivity contribution is 7.88. The number of nitriles is 1. The fraction of sp³-hybridized carbons (Fsp3) is 0.400. The molecule has 0 bridgehead atoms. The van der Waals surface area contributed by atoms with Crippen molar-refractivity contribution >= 4 is 10.0 Å². The van der Waals surface area contributed by atoms with E-state index in [1.165, 1.54) is 0 Å². The van der Waals surface area contributed by atoms with Gasteiger partial charge in [-0.2, -0.15) is 5.26 Å². The summed E-state index contributed by atoms with van der Waals surface area (Å²) >= 11 is 0. The normalized spacial score (nSPS) is 18.6. The van der Waals surface area contributed by atoms with Crippen LogP contribution >= 0.6 is 0 Å². The zero-order chi connectivity index (χ0) is 14.4. The molecule has 1 aliphatic rings. The molecule has 0 heterocycles. The molecule has 1 atom stereocenters. The lowest BCUT2D eigenvalue weighted by molar-refractivity contribution is 0.468. The maximum absolute atomic E-state index is 12.0. The Hall–Kier alpha value is -1.64. The Morgan fingerprint density at radius 3 is 2.90 bits per heavy atom. The maximum atomic E-state index is 12.0. The van der Waals surface area contributed by atoms with E-state index in [1.807, 2.05) is 6.07 Å². The first-order valence-corrected chi connectivity index (χ1v) is 8.36. The Morgan fingerprint density at radius 2 is 2.20 bits per heavy atom. The van der Waals surface area contributed by atoms with Gasteiger partial charge in [-0.1, -0.05) is 24.3 Å². The van der Waals surface area contributed by atoms with E-state index in [1.54, 1.807) is 24.3 Å². The fourth-order valence-corrected chi connectivity index (χ4v) is 3.50. The van der Waals surface area contributed by atoms with Gasteiger partial charge in [0, 0.05) is 6.54 Å². The van der Waals surface area contributed by atoms with Crippen LogP contribution in [-0.4, -0.2) is 15.0 Å². The third-order valence-electron chi connectivity index (χ3n) is 3.38. The van der Waals surface area contributed by atoms with Crippen molar-refractivity contribution in [3.8, 4) is 6.07 Å². The van der Waals surface area contributed by atoms with Gasteiger partial charge in [0.15, 0.2) is 0 Å². The molecule has 2 rings (SSSR count). The van der Waals surface area contributed by atoms with Gasteiger partial charge in [-0.05, 0) is 42.9 Å². The molecule has 0 radical (unpaired) electrons. The molecule has 0 unspecified atom stereocenters. The van der Waals surface area contributed by atoms with Gasteiger partial charge in [-0.15, -0.1) is 0 Å². The minimum atomic E-state index is -3.34. The molecular weight excluding hydrogens is 272 g/mol. The third kappa shape index (κ3) is 4.48. The topological polar surface area (TPSA) is 70.0 Å². The molecule has 0 aliphatic heterocycles. The molecule has 1 aromatic rings. The van der Waals surface area contributed by atoms with Crippen LogP contribution in [0.1, 0.15) is 30.4 Å². The summed E-state index contributed by atoms with van der Waals surface area (Å²) < 4.78 is 26.7. The first-order valence-electron chi connectivity index (χ1n) is 6.70. The number of hydrogen-bond acceptors (Lipinski definition) is 3. The standard InChI is InChI=1S/C15H18N2O2S/c16-10-14-7-4-8-15(9-14)12-20(18,19)17-11-13-5-2-1-3-6-13/h1-2,4,7-9,13,17H,3,5-6,11-12H2/t13-/m0/s1. The molecule has 0 amide bonds. The number of nitrogens with one attached hydrogen (secondary N) is 1. The van der Waals surface area contributed by atoms with Gasteiger partial charge in [0.25, 0.3) is 0 Å². The van der Waals surface area contributed by atoms with E-state index in [-0.39, 0.29) is 5.75 Å². The largest absolute Gasteiger partial charge is 0.215 e. The van der Waals surface area contributed by atoms with E-state index in [2.05, 4.69) is 16.9 Å². The van der Waals surface area contributed by atoms with Crippen LogP contribution < -0.4 is 4.72 Å². The molecule has 5 heteroatoms. The highest BCUT2D eigenvalue weighted by Gasteiger charge is 2.16. The van der Waals surface area contributed by atoms with Crippen LogP contribution in [-0.2, 0) is 15.8 Å². The molecule has 1 aromatic carbocycles. The first-order chi connectivity index (χ1) is 9.59. The van der Waals surface area contributed by atoms with Crippen LogP contribution in [0.3, 0.4) is 0 Å². The first kappa shape index (κ1) is 14.8. The van der Waals surface area contributed by atoms with Crippen LogP contribution in [0.2, 0.25) is 0 Å². The van der Waals surface area contributed by atoms with E-state index in [0.29, 0.717) is 23.6 Å². The molecule has 0 saturated carbocycles. The van der Waals surface area contributed by atoms with Gasteiger partial charge >= 0.3 is 0 Å². The lowest BCUT2D eigenvalue weighted by atomic mass is 9.95. The summed E-state index contributed by atoms with van der Waals surface area (Å²) in [5.74, 6) is 0.311. The van der Waals surface area contributed by atoms with Crippen molar-refractivity contribution < 1.29 is 8.42 Å². The number of sulfonamides is 1. The second kappa shape index (κ2) is 6.69. The van der Waals surface area contributed by atoms with Crippen molar-refractivity contribution in [2.45, 2.75) is 25.0 Å². The van der Waals surface area contributed by atoms with Gasteiger partial charge in [0.2, 0.25) is 10.0 Å². The Bertz CT molecular complexity index is 630. The highest BCUT2D eigenvalue weighted by atomic mass is 32.2. The highest BCUT2D eigenvalue weighted by Crippen LogP contribution is 2.17. The quantitative estimate of drug-likeness (QED) is 0.846. The van der Waals surface area contributed by atoms with Crippen molar-refractivity contribution in [1.82, 2.24) is 4.72 Å². The molecule has 1 N–H and O–H groups in total. The summed E-state index contributed by atoms with van der Waals surface area (Å²) in [6.45, 7) is 0.491. The molecular formula is C15H18N2O2S. The van der Waals surface area contributed by atoms with Crippen molar-refractivity contribution in [3.63, 3.8) is 0 Å². The van der Waals surface area contributed by atoms with Crippen molar-refractivity contribution in [3.05, 3.63) is 47.5 Å². The molecule has 4 nitrogen and oxygen atoms in total. The lowest BCUT2D eigenvalue weighted by Crippen LogP contribution is -2.30. The predicted octanol–water partition coefficient (Wildman–Crippen LogP) is 2.33. The van der Waals surface area contributed by atoms with Crippen LogP contribution in [0.4, 0.5) is 0 Å². The number of allylic oxidation sites excluding steroid dienone is 2. The van der Waals surface area contributed by atoms with Crippen molar-refractivity contribution in [2.24, 2.45) is 5.92 Å². The minimum absolute atomic E-state index is 0.0783. The summed E-state index contributed by atoms with van der Waals surface area (Å²) in [4.78, 5) is 0. The van der Waals surface area contributed by atoms with Gasteiger partial charge in [-0.3, -0.25) is 0 Å². The molecule has 0 saturated heterocycles.